The van der Waals surface area contributed by atoms with E-state index in [1.54, 1.807) is 0 Å². The number of hydrogen-bond donors (Lipinski definition) is 1. The van der Waals surface area contributed by atoms with Gasteiger partial charge in [0.05, 0.1) is 0 Å². The molecule has 1 amide bonds. The highest BCUT2D eigenvalue weighted by Gasteiger charge is 1.94. The first kappa shape index (κ1) is 6.23. The molecule has 5 heteroatoms. The van der Waals surface area contributed by atoms with Crippen LogP contribution in [0.2, 0.25) is 0 Å². The first-order valence-corrected chi connectivity index (χ1v) is 1.68. The van der Waals surface area contributed by atoms with Crippen LogP contribution < -0.4 is 9.94 Å². The molecule has 0 aromatic heterocycles. The van der Waals surface area contributed by atoms with Crippen molar-refractivity contribution in [3.05, 3.63) is 0 Å². The summed E-state index contributed by atoms with van der Waals surface area (Å²) in [6.07, 6.45) is 0. The molecule has 0 aliphatic carbocycles. The van der Waals surface area contributed by atoms with Crippen LogP contribution in [0, 0.1) is 0 Å². The Morgan fingerprint density at radius 1 is 1.57 bits per heavy atom. The average Bonchev–Trinajstić information content (AvgIpc) is 1.65. The smallest absolute Gasteiger partial charge is 0.281 e. The van der Waals surface area contributed by atoms with E-state index in [2.05, 4.69) is 11.8 Å². The van der Waals surface area contributed by atoms with Gasteiger partial charge in [-0.25, -0.2) is 0 Å². The Bertz CT molecular complexity index is 101. The van der Waals surface area contributed by atoms with Crippen molar-refractivity contribution >= 4 is 23.7 Å². The number of carboxylic acid groups (broad SMARTS) is 1. The molecule has 0 radical (unpaired) electrons. The van der Waals surface area contributed by atoms with Crippen LogP contribution in [0.4, 0.5) is 0 Å². The summed E-state index contributed by atoms with van der Waals surface area (Å²) in [6, 6.07) is 0. The summed E-state index contributed by atoms with van der Waals surface area (Å²) in [5.74, 6) is -3.17. The maximum Gasteiger partial charge on any atom is 0.281 e. The molecule has 7 heavy (non-hydrogen) atoms. The maximum absolute atomic E-state index is 9.61. The molecule has 0 atom stereocenters. The number of nitrogens with one attached hydrogen (secondary N) is 1. The van der Waals surface area contributed by atoms with Gasteiger partial charge in [0.2, 0.25) is 0 Å². The predicted molar refractivity (Wildman–Crippen MR) is 19.0 cm³/mol. The Kier molecular flexibility index (Phi) is 2.15. The second-order valence-electron chi connectivity index (χ2n) is 0.711. The van der Waals surface area contributed by atoms with Gasteiger partial charge in [0, 0.05) is 11.8 Å². The van der Waals surface area contributed by atoms with Gasteiger partial charge < -0.3 is 9.90 Å². The van der Waals surface area contributed by atoms with Crippen LogP contribution in [-0.2, 0) is 9.59 Å². The van der Waals surface area contributed by atoms with Gasteiger partial charge in [-0.3, -0.25) is 9.63 Å². The first-order chi connectivity index (χ1) is 3.18. The van der Waals surface area contributed by atoms with Gasteiger partial charge in [-0.05, 0) is 0 Å². The van der Waals surface area contributed by atoms with Gasteiger partial charge >= 0.3 is 0 Å². The molecule has 0 rings (SSSR count). The van der Waals surface area contributed by atoms with Crippen LogP contribution in [0.5, 0.6) is 0 Å². The fourth-order valence-corrected chi connectivity index (χ4v) is 0.116. The molecule has 0 unspecified atom stereocenters. The van der Waals surface area contributed by atoms with E-state index in [-0.39, 0.29) is 0 Å². The Morgan fingerprint density at radius 2 is 2.00 bits per heavy atom. The fraction of sp³-hybridized carbons (Fsp3) is 0. The number of carbonyl (C=O) groups is 2. The van der Waals surface area contributed by atoms with E-state index in [1.807, 2.05) is 0 Å². The molecule has 0 fully saturated rings. The standard InChI is InChI=1S/C2H2ClNO3/c3-4-1(5)2(6)7/h(H,4,5)(H,6,7)/p-1. The molecular formula is C2HClNO3-. The minimum absolute atomic E-state index is 1.33. The molecule has 0 heterocycles. The van der Waals surface area contributed by atoms with E-state index >= 15 is 0 Å². The molecule has 0 saturated carbocycles. The molecular weight excluding hydrogens is 121 g/mol. The lowest BCUT2D eigenvalue weighted by Gasteiger charge is -1.92. The number of hydrogen-bond acceptors (Lipinski definition) is 3. The first-order valence-electron chi connectivity index (χ1n) is 1.30. The van der Waals surface area contributed by atoms with Crippen molar-refractivity contribution in [3.8, 4) is 0 Å². The van der Waals surface area contributed by atoms with Gasteiger partial charge in [0.25, 0.3) is 5.91 Å². The summed E-state index contributed by atoms with van der Waals surface area (Å²) in [5.41, 5.74) is 0. The highest BCUT2D eigenvalue weighted by atomic mass is 35.5. The minimum atomic E-state index is -1.84. The fourth-order valence-electron chi connectivity index (χ4n) is 0.0386. The predicted octanol–water partition coefficient (Wildman–Crippen LogP) is -1.99. The monoisotopic (exact) mass is 122 g/mol. The molecule has 0 aromatic carbocycles. The van der Waals surface area contributed by atoms with E-state index in [0.717, 1.165) is 0 Å². The summed E-state index contributed by atoms with van der Waals surface area (Å²) in [7, 11) is 0. The SMILES string of the molecule is O=C([O-])C(=O)NCl. The third-order valence-corrected chi connectivity index (χ3v) is 0.443. The summed E-state index contributed by atoms with van der Waals surface area (Å²) in [6.45, 7) is 0. The second kappa shape index (κ2) is 2.41. The molecule has 0 aliphatic rings. The van der Waals surface area contributed by atoms with Crippen LogP contribution in [0.25, 0.3) is 0 Å². The Hall–Kier alpha value is -0.770. The highest BCUT2D eigenvalue weighted by molar-refractivity contribution is 6.39. The quantitative estimate of drug-likeness (QED) is 0.299. The van der Waals surface area contributed by atoms with Crippen LogP contribution in [0.15, 0.2) is 0 Å². The normalized spacial score (nSPS) is 7.57. The average molecular weight is 122 g/mol. The molecule has 40 valence electrons. The second-order valence-corrected chi connectivity index (χ2v) is 0.900. The largest absolute Gasteiger partial charge is 0.540 e. The highest BCUT2D eigenvalue weighted by Crippen LogP contribution is 1.61. The zero-order valence-electron chi connectivity index (χ0n) is 3.10. The molecule has 4 nitrogen and oxygen atoms in total. The lowest BCUT2D eigenvalue weighted by Crippen LogP contribution is -2.37. The van der Waals surface area contributed by atoms with E-state index < -0.39 is 11.9 Å². The van der Waals surface area contributed by atoms with Crippen molar-refractivity contribution in [1.82, 2.24) is 4.84 Å². The number of carboxylic acids is 1. The Morgan fingerprint density at radius 3 is 2.00 bits per heavy atom. The van der Waals surface area contributed by atoms with Crippen molar-refractivity contribution in [2.45, 2.75) is 0 Å². The van der Waals surface area contributed by atoms with Gasteiger partial charge in [0.1, 0.15) is 5.97 Å². The Balaban J connectivity index is 3.58. The van der Waals surface area contributed by atoms with E-state index in [1.165, 1.54) is 4.84 Å². The van der Waals surface area contributed by atoms with Crippen LogP contribution in [-0.4, -0.2) is 11.9 Å². The molecule has 1 N–H and O–H groups in total. The number of amides is 1. The van der Waals surface area contributed by atoms with E-state index in [4.69, 9.17) is 0 Å². The number of halogens is 1. The summed E-state index contributed by atoms with van der Waals surface area (Å²) < 4.78 is 0. The van der Waals surface area contributed by atoms with Gasteiger partial charge in [-0.2, -0.15) is 0 Å². The zero-order valence-corrected chi connectivity index (χ0v) is 3.86. The van der Waals surface area contributed by atoms with E-state index in [9.17, 15) is 14.7 Å². The molecule has 0 aromatic rings. The van der Waals surface area contributed by atoms with Crippen molar-refractivity contribution in [2.75, 3.05) is 0 Å². The maximum atomic E-state index is 9.61. The molecule has 0 bridgehead atoms. The summed E-state index contributed by atoms with van der Waals surface area (Å²) in [4.78, 5) is 20.3. The third-order valence-electron chi connectivity index (χ3n) is 0.271. The lowest BCUT2D eigenvalue weighted by molar-refractivity contribution is -0.300. The van der Waals surface area contributed by atoms with Crippen molar-refractivity contribution in [2.24, 2.45) is 0 Å². The van der Waals surface area contributed by atoms with E-state index in [0.29, 0.717) is 0 Å². The lowest BCUT2D eigenvalue weighted by atomic mass is 10.7. The zero-order chi connectivity index (χ0) is 5.86. The van der Waals surface area contributed by atoms with Crippen LogP contribution >= 0.6 is 11.8 Å². The van der Waals surface area contributed by atoms with Crippen molar-refractivity contribution in [1.29, 1.82) is 0 Å². The van der Waals surface area contributed by atoms with Crippen LogP contribution in [0.1, 0.15) is 0 Å². The summed E-state index contributed by atoms with van der Waals surface area (Å²) in [5, 5.41) is 9.32. The minimum Gasteiger partial charge on any atom is -0.540 e. The molecule has 0 spiro atoms. The number of aliphatic carboxylic acids is 1. The van der Waals surface area contributed by atoms with Crippen molar-refractivity contribution < 1.29 is 14.7 Å². The Labute approximate surface area is 44.2 Å². The van der Waals surface area contributed by atoms with Crippen molar-refractivity contribution in [3.63, 3.8) is 0 Å². The summed E-state index contributed by atoms with van der Waals surface area (Å²) >= 11 is 4.53. The van der Waals surface area contributed by atoms with Gasteiger partial charge in [-0.1, -0.05) is 0 Å². The van der Waals surface area contributed by atoms with Gasteiger partial charge in [0.15, 0.2) is 0 Å². The van der Waals surface area contributed by atoms with Crippen LogP contribution in [0.3, 0.4) is 0 Å². The van der Waals surface area contributed by atoms with Gasteiger partial charge in [-0.15, -0.1) is 0 Å². The third kappa shape index (κ3) is 1.99. The topological polar surface area (TPSA) is 69.2 Å². The molecule has 0 saturated heterocycles. The number of rotatable bonds is 0. The molecule has 0 aliphatic heterocycles. The number of carbonyl (C=O) groups excluding carboxylic acids is 2.